The Morgan fingerprint density at radius 2 is 1.53 bits per heavy atom. The molecule has 5 N–H and O–H groups in total. The number of nitrogens with one attached hydrogen (secondary N) is 1. The molecule has 2 aromatic heterocycles. The van der Waals surface area contributed by atoms with Crippen molar-refractivity contribution in [3.05, 3.63) is 36.0 Å². The van der Waals surface area contributed by atoms with Gasteiger partial charge in [-0.25, -0.2) is 9.97 Å². The van der Waals surface area contributed by atoms with Gasteiger partial charge in [0.1, 0.15) is 12.1 Å². The third kappa shape index (κ3) is 9.72. The van der Waals surface area contributed by atoms with Crippen molar-refractivity contribution in [2.75, 3.05) is 13.2 Å². The van der Waals surface area contributed by atoms with Gasteiger partial charge in [0.25, 0.3) is 0 Å². The molecule has 210 valence electrons. The van der Waals surface area contributed by atoms with Crippen molar-refractivity contribution < 1.29 is 19.7 Å². The molecule has 3 atom stereocenters. The third-order valence-corrected chi connectivity index (χ3v) is 7.57. The van der Waals surface area contributed by atoms with Crippen molar-refractivity contribution in [3.63, 3.8) is 0 Å². The molecule has 0 amide bonds. The highest BCUT2D eigenvalue weighted by Crippen LogP contribution is 2.25. The van der Waals surface area contributed by atoms with Crippen molar-refractivity contribution in [1.82, 2.24) is 25.3 Å². The summed E-state index contributed by atoms with van der Waals surface area (Å²) in [4.78, 5) is 17.3. The van der Waals surface area contributed by atoms with Gasteiger partial charge >= 0.3 is 6.01 Å². The summed E-state index contributed by atoms with van der Waals surface area (Å²) in [5.41, 5.74) is 6.60. The number of aryl methyl sites for hydroxylation is 1. The van der Waals surface area contributed by atoms with Crippen LogP contribution in [0.4, 0.5) is 0 Å². The fraction of sp³-hybridized carbons (Fsp3) is 0.714. The number of rotatable bonds is 14. The zero-order valence-electron chi connectivity index (χ0n) is 22.4. The molecule has 2 fully saturated rings. The second-order valence-corrected chi connectivity index (χ2v) is 10.8. The molecule has 2 unspecified atom stereocenters. The highest BCUT2D eigenvalue weighted by atomic mass is 16.5. The van der Waals surface area contributed by atoms with E-state index in [-0.39, 0.29) is 12.4 Å². The first-order valence-corrected chi connectivity index (χ1v) is 14.3. The van der Waals surface area contributed by atoms with Crippen LogP contribution in [0.5, 0.6) is 11.9 Å². The lowest BCUT2D eigenvalue weighted by atomic mass is 9.90. The van der Waals surface area contributed by atoms with Crippen molar-refractivity contribution in [2.24, 2.45) is 17.6 Å². The van der Waals surface area contributed by atoms with E-state index in [2.05, 4.69) is 25.3 Å². The van der Waals surface area contributed by atoms with Crippen LogP contribution in [0.3, 0.4) is 0 Å². The molecule has 10 heteroatoms. The van der Waals surface area contributed by atoms with Crippen molar-refractivity contribution in [3.8, 4) is 11.9 Å². The summed E-state index contributed by atoms with van der Waals surface area (Å²) in [6, 6.07) is 3.71. The van der Waals surface area contributed by atoms with Gasteiger partial charge in [-0.1, -0.05) is 38.5 Å². The minimum Gasteiger partial charge on any atom is -0.477 e. The van der Waals surface area contributed by atoms with Crippen LogP contribution in [0.2, 0.25) is 0 Å². The van der Waals surface area contributed by atoms with Crippen LogP contribution in [0.1, 0.15) is 94.7 Å². The van der Waals surface area contributed by atoms with Gasteiger partial charge in [-0.2, -0.15) is 9.97 Å². The first-order valence-electron chi connectivity index (χ1n) is 14.3. The topological polar surface area (TPSA) is 149 Å². The Morgan fingerprint density at radius 1 is 0.868 bits per heavy atom. The molecule has 0 aliphatic heterocycles. The number of hydrogen-bond acceptors (Lipinski definition) is 10. The number of aliphatic hydroxyl groups is 2. The van der Waals surface area contributed by atoms with E-state index in [1.165, 1.54) is 64.2 Å². The SMILES string of the molecule is NC(CC(O)c1ccnc(OCC2CCCCC2)n1)N[C@H](O)CCc1nccc(OCC2CCCCC2)n1. The second-order valence-electron chi connectivity index (χ2n) is 10.8. The van der Waals surface area contributed by atoms with Crippen LogP contribution in [-0.2, 0) is 6.42 Å². The number of aromatic nitrogens is 4. The van der Waals surface area contributed by atoms with Crippen LogP contribution < -0.4 is 20.5 Å². The van der Waals surface area contributed by atoms with Gasteiger partial charge in [-0.3, -0.25) is 5.32 Å². The smallest absolute Gasteiger partial charge is 0.316 e. The summed E-state index contributed by atoms with van der Waals surface area (Å²) < 4.78 is 11.7. The van der Waals surface area contributed by atoms with Crippen LogP contribution in [0.25, 0.3) is 0 Å². The summed E-state index contributed by atoms with van der Waals surface area (Å²) in [6.45, 7) is 1.30. The monoisotopic (exact) mass is 528 g/mol. The van der Waals surface area contributed by atoms with E-state index in [0.717, 1.165) is 0 Å². The predicted molar refractivity (Wildman–Crippen MR) is 143 cm³/mol. The Labute approximate surface area is 225 Å². The highest BCUT2D eigenvalue weighted by molar-refractivity contribution is 5.10. The van der Waals surface area contributed by atoms with Gasteiger partial charge in [0, 0.05) is 31.3 Å². The van der Waals surface area contributed by atoms with Crippen LogP contribution >= 0.6 is 0 Å². The first kappa shape index (κ1) is 28.6. The lowest BCUT2D eigenvalue weighted by Crippen LogP contribution is -2.45. The van der Waals surface area contributed by atoms with E-state index in [1.54, 1.807) is 24.5 Å². The van der Waals surface area contributed by atoms with E-state index >= 15 is 0 Å². The Morgan fingerprint density at radius 3 is 2.24 bits per heavy atom. The van der Waals surface area contributed by atoms with E-state index in [9.17, 15) is 10.2 Å². The quantitative estimate of drug-likeness (QED) is 0.269. The molecule has 4 rings (SSSR count). The molecule has 0 radical (unpaired) electrons. The van der Waals surface area contributed by atoms with E-state index < -0.39 is 18.5 Å². The maximum Gasteiger partial charge on any atom is 0.316 e. The minimum absolute atomic E-state index is 0.178. The summed E-state index contributed by atoms with van der Waals surface area (Å²) in [5.74, 6) is 2.34. The summed E-state index contributed by atoms with van der Waals surface area (Å²) in [6.07, 6.45) is 14.4. The molecule has 0 aromatic carbocycles. The Hall–Kier alpha value is -2.40. The number of nitrogens with zero attached hydrogens (tertiary/aromatic N) is 4. The molecule has 0 spiro atoms. The van der Waals surface area contributed by atoms with Crippen LogP contribution in [0.15, 0.2) is 24.5 Å². The average Bonchev–Trinajstić information content (AvgIpc) is 2.95. The lowest BCUT2D eigenvalue weighted by molar-refractivity contribution is 0.0897. The van der Waals surface area contributed by atoms with Gasteiger partial charge in [-0.05, 0) is 50.0 Å². The molecular weight excluding hydrogens is 484 g/mol. The molecular formula is C28H44N6O4. The Kier molecular flexibility index (Phi) is 11.5. The van der Waals surface area contributed by atoms with Crippen molar-refractivity contribution in [2.45, 2.75) is 102 Å². The normalized spacial score (nSPS) is 19.6. The zero-order chi connectivity index (χ0) is 26.6. The summed E-state index contributed by atoms with van der Waals surface area (Å²) in [7, 11) is 0. The highest BCUT2D eigenvalue weighted by Gasteiger charge is 2.19. The van der Waals surface area contributed by atoms with Gasteiger partial charge < -0.3 is 25.4 Å². The fourth-order valence-corrected chi connectivity index (χ4v) is 5.32. The maximum atomic E-state index is 10.6. The third-order valence-electron chi connectivity index (χ3n) is 7.57. The van der Waals surface area contributed by atoms with Crippen LogP contribution in [-0.4, -0.2) is 55.8 Å². The molecule has 2 saturated carbocycles. The number of hydrogen-bond donors (Lipinski definition) is 4. The van der Waals surface area contributed by atoms with E-state index in [1.807, 2.05) is 0 Å². The molecule has 10 nitrogen and oxygen atoms in total. The van der Waals surface area contributed by atoms with Gasteiger partial charge in [0.2, 0.25) is 5.88 Å². The average molecular weight is 529 g/mol. The number of aliphatic hydroxyl groups excluding tert-OH is 2. The predicted octanol–water partition coefficient (Wildman–Crippen LogP) is 3.43. The van der Waals surface area contributed by atoms with Gasteiger partial charge in [-0.15, -0.1) is 0 Å². The second kappa shape index (κ2) is 15.3. The van der Waals surface area contributed by atoms with Crippen LogP contribution in [0, 0.1) is 11.8 Å². The lowest BCUT2D eigenvalue weighted by Gasteiger charge is -2.22. The Bertz CT molecular complexity index is 954. The molecule has 0 saturated heterocycles. The number of nitrogens with two attached hydrogens (primary N) is 1. The zero-order valence-corrected chi connectivity index (χ0v) is 22.4. The van der Waals surface area contributed by atoms with Crippen molar-refractivity contribution >= 4 is 0 Å². The number of ether oxygens (including phenoxy) is 2. The molecule has 0 bridgehead atoms. The Balaban J connectivity index is 1.16. The standard InChI is InChI=1S/C28H44N6O4/c29-24(17-23(35)22-13-15-31-28(32-22)38-19-21-9-5-2-6-10-21)33-26(36)12-11-25-30-16-14-27(34-25)37-18-20-7-3-1-4-8-20/h13-16,20-21,23-24,26,33,35-36H,1-12,17-19,29H2/t23?,24?,26-/m1/s1. The van der Waals surface area contributed by atoms with Gasteiger partial charge in [0.15, 0.2) is 0 Å². The molecule has 2 heterocycles. The molecule has 38 heavy (non-hydrogen) atoms. The fourth-order valence-electron chi connectivity index (χ4n) is 5.32. The maximum absolute atomic E-state index is 10.6. The summed E-state index contributed by atoms with van der Waals surface area (Å²) in [5, 5.41) is 24.0. The summed E-state index contributed by atoms with van der Waals surface area (Å²) >= 11 is 0. The molecule has 2 aliphatic rings. The molecule has 2 aliphatic carbocycles. The first-order chi connectivity index (χ1) is 18.5. The largest absolute Gasteiger partial charge is 0.477 e. The molecule has 2 aromatic rings. The van der Waals surface area contributed by atoms with Crippen molar-refractivity contribution in [1.29, 1.82) is 0 Å². The van der Waals surface area contributed by atoms with E-state index in [0.29, 0.717) is 55.3 Å². The van der Waals surface area contributed by atoms with Gasteiger partial charge in [0.05, 0.1) is 31.2 Å². The van der Waals surface area contributed by atoms with E-state index in [4.69, 9.17) is 15.2 Å². The minimum atomic E-state index is -0.911.